The standard InChI is InChI=1S/C13H12O4S2/c1-8(14)9-2-4-17-11(9)6-18-7-12-10(13(15)16)3-5-19-12/h2-5,14H,1,6-7H2,(H,15,16). The molecule has 0 amide bonds. The summed E-state index contributed by atoms with van der Waals surface area (Å²) < 4.78 is 5.27. The van der Waals surface area contributed by atoms with E-state index >= 15 is 0 Å². The summed E-state index contributed by atoms with van der Waals surface area (Å²) in [6.07, 6.45) is 1.50. The van der Waals surface area contributed by atoms with E-state index < -0.39 is 5.97 Å². The van der Waals surface area contributed by atoms with Gasteiger partial charge in [0.15, 0.2) is 0 Å². The van der Waals surface area contributed by atoms with Gasteiger partial charge in [0.1, 0.15) is 11.5 Å². The molecular weight excluding hydrogens is 284 g/mol. The van der Waals surface area contributed by atoms with Crippen molar-refractivity contribution in [3.8, 4) is 0 Å². The lowest BCUT2D eigenvalue weighted by atomic mass is 10.2. The maximum absolute atomic E-state index is 11.0. The molecule has 0 atom stereocenters. The highest BCUT2D eigenvalue weighted by Crippen LogP contribution is 2.27. The number of furan rings is 1. The van der Waals surface area contributed by atoms with E-state index in [1.54, 1.807) is 17.5 Å². The highest BCUT2D eigenvalue weighted by molar-refractivity contribution is 7.97. The molecule has 0 radical (unpaired) electrons. The van der Waals surface area contributed by atoms with Crippen molar-refractivity contribution in [3.05, 3.63) is 52.1 Å². The Bertz CT molecular complexity index is 545. The number of aromatic carboxylic acids is 1. The third kappa shape index (κ3) is 3.21. The zero-order valence-electron chi connectivity index (χ0n) is 9.96. The number of rotatable bonds is 6. The molecule has 2 rings (SSSR count). The first-order valence-corrected chi connectivity index (χ1v) is 7.45. The number of carbonyl (C=O) groups is 1. The van der Waals surface area contributed by atoms with Crippen LogP contribution in [0, 0.1) is 0 Å². The summed E-state index contributed by atoms with van der Waals surface area (Å²) in [7, 11) is 0. The zero-order valence-corrected chi connectivity index (χ0v) is 11.6. The average Bonchev–Trinajstić information content (AvgIpc) is 2.96. The quantitative estimate of drug-likeness (QED) is 0.788. The van der Waals surface area contributed by atoms with Crippen LogP contribution in [0.4, 0.5) is 0 Å². The van der Waals surface area contributed by atoms with E-state index in [4.69, 9.17) is 9.52 Å². The van der Waals surface area contributed by atoms with Gasteiger partial charge < -0.3 is 14.6 Å². The minimum absolute atomic E-state index is 0.0216. The van der Waals surface area contributed by atoms with Crippen molar-refractivity contribution in [2.45, 2.75) is 11.5 Å². The fourth-order valence-electron chi connectivity index (χ4n) is 1.59. The lowest BCUT2D eigenvalue weighted by molar-refractivity contribution is 0.0696. The van der Waals surface area contributed by atoms with E-state index in [0.717, 1.165) is 4.88 Å². The van der Waals surface area contributed by atoms with Gasteiger partial charge in [-0.1, -0.05) is 6.58 Å². The fraction of sp³-hybridized carbons (Fsp3) is 0.154. The molecule has 2 N–H and O–H groups in total. The summed E-state index contributed by atoms with van der Waals surface area (Å²) in [5, 5.41) is 20.1. The van der Waals surface area contributed by atoms with E-state index in [-0.39, 0.29) is 5.76 Å². The minimum atomic E-state index is -0.903. The number of carboxylic acid groups (broad SMARTS) is 1. The molecule has 0 unspecified atom stereocenters. The predicted octanol–water partition coefficient (Wildman–Crippen LogP) is 4.00. The van der Waals surface area contributed by atoms with Crippen LogP contribution in [0.1, 0.15) is 26.6 Å². The molecule has 2 aromatic heterocycles. The van der Waals surface area contributed by atoms with Crippen LogP contribution in [0.2, 0.25) is 0 Å². The third-order valence-electron chi connectivity index (χ3n) is 2.50. The summed E-state index contributed by atoms with van der Waals surface area (Å²) in [6, 6.07) is 3.27. The molecule has 0 aliphatic rings. The van der Waals surface area contributed by atoms with Crippen molar-refractivity contribution in [1.29, 1.82) is 0 Å². The summed E-state index contributed by atoms with van der Waals surface area (Å²) in [5.74, 6) is 0.868. The Hall–Kier alpha value is -1.66. The van der Waals surface area contributed by atoms with Crippen molar-refractivity contribution >= 4 is 34.8 Å². The first-order valence-electron chi connectivity index (χ1n) is 5.41. The predicted molar refractivity (Wildman–Crippen MR) is 76.6 cm³/mol. The molecule has 2 aromatic rings. The van der Waals surface area contributed by atoms with Gasteiger partial charge in [0.05, 0.1) is 23.1 Å². The lowest BCUT2D eigenvalue weighted by Crippen LogP contribution is -1.97. The van der Waals surface area contributed by atoms with Crippen molar-refractivity contribution in [3.63, 3.8) is 0 Å². The van der Waals surface area contributed by atoms with Crippen molar-refractivity contribution in [2.24, 2.45) is 0 Å². The summed E-state index contributed by atoms with van der Waals surface area (Å²) >= 11 is 2.96. The van der Waals surface area contributed by atoms with Crippen LogP contribution < -0.4 is 0 Å². The monoisotopic (exact) mass is 296 g/mol. The molecule has 0 aromatic carbocycles. The molecule has 0 saturated carbocycles. The van der Waals surface area contributed by atoms with E-state index in [2.05, 4.69) is 6.58 Å². The van der Waals surface area contributed by atoms with Gasteiger partial charge in [-0.15, -0.1) is 23.1 Å². The van der Waals surface area contributed by atoms with Crippen molar-refractivity contribution in [2.75, 3.05) is 0 Å². The number of aliphatic hydroxyl groups excluding tert-OH is 1. The van der Waals surface area contributed by atoms with Crippen LogP contribution in [-0.2, 0) is 11.5 Å². The zero-order chi connectivity index (χ0) is 13.8. The van der Waals surface area contributed by atoms with Crippen molar-refractivity contribution < 1.29 is 19.4 Å². The Balaban J connectivity index is 1.97. The van der Waals surface area contributed by atoms with E-state index in [9.17, 15) is 9.90 Å². The Morgan fingerprint density at radius 1 is 1.32 bits per heavy atom. The number of carboxylic acids is 1. The van der Waals surface area contributed by atoms with E-state index in [1.165, 1.54) is 29.4 Å². The molecule has 2 heterocycles. The van der Waals surface area contributed by atoms with Gasteiger partial charge >= 0.3 is 5.97 Å². The molecule has 0 saturated heterocycles. The molecule has 0 fully saturated rings. The average molecular weight is 296 g/mol. The Kier molecular flexibility index (Phi) is 4.34. The SMILES string of the molecule is C=C(O)c1ccoc1CSCc1sccc1C(=O)O. The highest BCUT2D eigenvalue weighted by atomic mass is 32.2. The highest BCUT2D eigenvalue weighted by Gasteiger charge is 2.13. The normalized spacial score (nSPS) is 10.5. The number of thioether (sulfide) groups is 1. The number of aliphatic hydroxyl groups is 1. The van der Waals surface area contributed by atoms with E-state index in [0.29, 0.717) is 28.4 Å². The van der Waals surface area contributed by atoms with Crippen LogP contribution in [0.3, 0.4) is 0 Å². The van der Waals surface area contributed by atoms with Crippen molar-refractivity contribution in [1.82, 2.24) is 0 Å². The van der Waals surface area contributed by atoms with Gasteiger partial charge in [-0.25, -0.2) is 4.79 Å². The van der Waals surface area contributed by atoms with Gasteiger partial charge in [-0.2, -0.15) is 0 Å². The van der Waals surface area contributed by atoms with Crippen LogP contribution in [0.5, 0.6) is 0 Å². The molecule has 4 nitrogen and oxygen atoms in total. The molecule has 6 heteroatoms. The smallest absolute Gasteiger partial charge is 0.336 e. The Labute approximate surface area is 118 Å². The fourth-order valence-corrected chi connectivity index (χ4v) is 3.61. The maximum atomic E-state index is 11.0. The molecule has 0 spiro atoms. The van der Waals surface area contributed by atoms with Gasteiger partial charge in [-0.3, -0.25) is 0 Å². The number of hydrogen-bond donors (Lipinski definition) is 2. The molecule has 0 aliphatic carbocycles. The summed E-state index contributed by atoms with van der Waals surface area (Å²) in [6.45, 7) is 3.46. The summed E-state index contributed by atoms with van der Waals surface area (Å²) in [4.78, 5) is 11.8. The van der Waals surface area contributed by atoms with Crippen LogP contribution in [0.25, 0.3) is 5.76 Å². The van der Waals surface area contributed by atoms with Crippen LogP contribution >= 0.6 is 23.1 Å². The first-order chi connectivity index (χ1) is 9.09. The van der Waals surface area contributed by atoms with Crippen LogP contribution in [-0.4, -0.2) is 16.2 Å². The second kappa shape index (κ2) is 5.99. The summed E-state index contributed by atoms with van der Waals surface area (Å²) in [5.41, 5.74) is 0.945. The third-order valence-corrected chi connectivity index (χ3v) is 4.56. The van der Waals surface area contributed by atoms with Gasteiger partial charge in [0.25, 0.3) is 0 Å². The molecule has 0 bridgehead atoms. The minimum Gasteiger partial charge on any atom is -0.508 e. The molecular formula is C13H12O4S2. The largest absolute Gasteiger partial charge is 0.508 e. The molecule has 100 valence electrons. The topological polar surface area (TPSA) is 70.7 Å². The van der Waals surface area contributed by atoms with Gasteiger partial charge in [-0.05, 0) is 17.5 Å². The number of thiophene rings is 1. The van der Waals surface area contributed by atoms with E-state index in [1.807, 2.05) is 0 Å². The lowest BCUT2D eigenvalue weighted by Gasteiger charge is -2.02. The van der Waals surface area contributed by atoms with Gasteiger partial charge in [0, 0.05) is 10.6 Å². The Morgan fingerprint density at radius 3 is 2.79 bits per heavy atom. The number of hydrogen-bond acceptors (Lipinski definition) is 5. The van der Waals surface area contributed by atoms with Crippen LogP contribution in [0.15, 0.2) is 34.8 Å². The molecule has 0 aliphatic heterocycles. The molecule has 19 heavy (non-hydrogen) atoms. The second-order valence-corrected chi connectivity index (χ2v) is 5.75. The van der Waals surface area contributed by atoms with Gasteiger partial charge in [0.2, 0.25) is 0 Å². The maximum Gasteiger partial charge on any atom is 0.336 e. The Morgan fingerprint density at radius 2 is 2.11 bits per heavy atom. The second-order valence-electron chi connectivity index (χ2n) is 3.76. The first kappa shape index (κ1) is 13.8.